The van der Waals surface area contributed by atoms with Crippen molar-refractivity contribution in [2.24, 2.45) is 0 Å². The van der Waals surface area contributed by atoms with Gasteiger partial charge in [-0.25, -0.2) is 9.69 Å². The molecule has 2 aromatic rings. The summed E-state index contributed by atoms with van der Waals surface area (Å²) in [5.74, 6) is 0.710. The third-order valence-electron chi connectivity index (χ3n) is 3.94. The van der Waals surface area contributed by atoms with Gasteiger partial charge in [-0.3, -0.25) is 0 Å². The molecule has 3 rings (SSSR count). The van der Waals surface area contributed by atoms with Crippen LogP contribution in [0.1, 0.15) is 31.9 Å². The van der Waals surface area contributed by atoms with Gasteiger partial charge in [0.1, 0.15) is 11.4 Å². The van der Waals surface area contributed by atoms with Gasteiger partial charge in [-0.2, -0.15) is 0 Å². The van der Waals surface area contributed by atoms with Crippen LogP contribution >= 0.6 is 0 Å². The van der Waals surface area contributed by atoms with Gasteiger partial charge in [0.25, 0.3) is 0 Å². The van der Waals surface area contributed by atoms with E-state index in [-0.39, 0.29) is 0 Å². The number of carbonyl (C=O) groups is 1. The Hall–Kier alpha value is -2.75. The molecule has 0 N–H and O–H groups in total. The van der Waals surface area contributed by atoms with Crippen molar-refractivity contribution in [2.75, 3.05) is 12.0 Å². The number of amides is 1. The lowest BCUT2D eigenvalue weighted by atomic mass is 9.99. The molecule has 0 aromatic heterocycles. The standard InChI is InChI=1S/C21H23NO3/c1-21(2,3)25-20(23)22-18(15-8-6-5-7-9-15)13-11-16-10-12-17(24-4)14-19(16)22/h5-10,12-14H,11H2,1-4H3. The third kappa shape index (κ3) is 3.68. The van der Waals surface area contributed by atoms with Gasteiger partial charge in [0.15, 0.2) is 0 Å². The quantitative estimate of drug-likeness (QED) is 0.771. The number of methoxy groups -OCH3 is 1. The summed E-state index contributed by atoms with van der Waals surface area (Å²) < 4.78 is 11.0. The van der Waals surface area contributed by atoms with Gasteiger partial charge in [0.05, 0.1) is 18.5 Å². The maximum Gasteiger partial charge on any atom is 0.419 e. The summed E-state index contributed by atoms with van der Waals surface area (Å²) in [4.78, 5) is 14.6. The first kappa shape index (κ1) is 17.1. The number of anilines is 1. The zero-order valence-electron chi connectivity index (χ0n) is 15.1. The predicted octanol–water partition coefficient (Wildman–Crippen LogP) is 5.03. The van der Waals surface area contributed by atoms with Crippen molar-refractivity contribution in [1.82, 2.24) is 0 Å². The molecule has 0 radical (unpaired) electrons. The summed E-state index contributed by atoms with van der Waals surface area (Å²) in [7, 11) is 1.62. The summed E-state index contributed by atoms with van der Waals surface area (Å²) in [6, 6.07) is 15.7. The molecule has 1 heterocycles. The zero-order chi connectivity index (χ0) is 18.0. The normalized spacial score (nSPS) is 13.8. The maximum absolute atomic E-state index is 13.0. The fraction of sp³-hybridized carbons (Fsp3) is 0.286. The van der Waals surface area contributed by atoms with E-state index in [2.05, 4.69) is 6.08 Å². The van der Waals surface area contributed by atoms with E-state index < -0.39 is 11.7 Å². The Balaban J connectivity index is 2.09. The van der Waals surface area contributed by atoms with E-state index in [9.17, 15) is 4.79 Å². The first-order valence-electron chi connectivity index (χ1n) is 8.34. The van der Waals surface area contributed by atoms with E-state index in [0.717, 1.165) is 28.9 Å². The number of rotatable bonds is 2. The van der Waals surface area contributed by atoms with Crippen molar-refractivity contribution in [1.29, 1.82) is 0 Å². The number of hydrogen-bond acceptors (Lipinski definition) is 3. The molecule has 130 valence electrons. The minimum atomic E-state index is -0.574. The van der Waals surface area contributed by atoms with E-state index in [4.69, 9.17) is 9.47 Å². The molecule has 0 unspecified atom stereocenters. The Morgan fingerprint density at radius 1 is 1.08 bits per heavy atom. The molecule has 0 aliphatic carbocycles. The van der Waals surface area contributed by atoms with Crippen LogP contribution in [0.2, 0.25) is 0 Å². The largest absolute Gasteiger partial charge is 0.497 e. The highest BCUT2D eigenvalue weighted by Gasteiger charge is 2.31. The number of ether oxygens (including phenoxy) is 2. The lowest BCUT2D eigenvalue weighted by Gasteiger charge is -2.33. The van der Waals surface area contributed by atoms with Gasteiger partial charge in [0, 0.05) is 6.07 Å². The molecule has 0 bridgehead atoms. The maximum atomic E-state index is 13.0. The Bertz CT molecular complexity index is 804. The van der Waals surface area contributed by atoms with Crippen LogP contribution < -0.4 is 9.64 Å². The highest BCUT2D eigenvalue weighted by Crippen LogP contribution is 2.37. The van der Waals surface area contributed by atoms with Gasteiger partial charge in [0.2, 0.25) is 0 Å². The fourth-order valence-corrected chi connectivity index (χ4v) is 2.84. The van der Waals surface area contributed by atoms with Crippen LogP contribution in [0.25, 0.3) is 5.70 Å². The predicted molar refractivity (Wildman–Crippen MR) is 99.8 cm³/mol. The van der Waals surface area contributed by atoms with Gasteiger partial charge in [-0.1, -0.05) is 42.5 Å². The lowest BCUT2D eigenvalue weighted by Crippen LogP contribution is -2.37. The van der Waals surface area contributed by atoms with Crippen molar-refractivity contribution < 1.29 is 14.3 Å². The molecule has 0 atom stereocenters. The Kier molecular flexibility index (Phi) is 4.53. The van der Waals surface area contributed by atoms with Crippen LogP contribution in [0, 0.1) is 0 Å². The Morgan fingerprint density at radius 3 is 2.44 bits per heavy atom. The lowest BCUT2D eigenvalue weighted by molar-refractivity contribution is 0.0599. The van der Waals surface area contributed by atoms with Crippen LogP contribution in [0.15, 0.2) is 54.6 Å². The first-order chi connectivity index (χ1) is 11.9. The number of nitrogens with zero attached hydrogens (tertiary/aromatic N) is 1. The number of hydrogen-bond donors (Lipinski definition) is 0. The summed E-state index contributed by atoms with van der Waals surface area (Å²) in [6.45, 7) is 5.60. The second-order valence-corrected chi connectivity index (χ2v) is 6.97. The molecule has 0 fully saturated rings. The molecule has 0 saturated carbocycles. The third-order valence-corrected chi connectivity index (χ3v) is 3.94. The van der Waals surface area contributed by atoms with Crippen LogP contribution in [0.5, 0.6) is 5.75 Å². The molecular weight excluding hydrogens is 314 g/mol. The van der Waals surface area contributed by atoms with Gasteiger partial charge in [-0.15, -0.1) is 0 Å². The van der Waals surface area contributed by atoms with Gasteiger partial charge < -0.3 is 9.47 Å². The molecule has 1 amide bonds. The number of carbonyl (C=O) groups excluding carboxylic acids is 1. The summed E-state index contributed by atoms with van der Waals surface area (Å²) in [5.41, 5.74) is 3.09. The molecule has 25 heavy (non-hydrogen) atoms. The number of fused-ring (bicyclic) bond motifs is 1. The van der Waals surface area contributed by atoms with Gasteiger partial charge >= 0.3 is 6.09 Å². The van der Waals surface area contributed by atoms with Crippen LogP contribution in [-0.4, -0.2) is 18.8 Å². The topological polar surface area (TPSA) is 38.8 Å². The molecule has 4 nitrogen and oxygen atoms in total. The molecule has 2 aromatic carbocycles. The van der Waals surface area contributed by atoms with Crippen LogP contribution in [-0.2, 0) is 11.2 Å². The molecule has 1 aliphatic heterocycles. The summed E-state index contributed by atoms with van der Waals surface area (Å²) in [6.07, 6.45) is 2.42. The molecule has 0 spiro atoms. The molecule has 4 heteroatoms. The smallest absolute Gasteiger partial charge is 0.419 e. The Labute approximate surface area is 148 Å². The van der Waals surface area contributed by atoms with Crippen molar-refractivity contribution in [2.45, 2.75) is 32.8 Å². The summed E-state index contributed by atoms with van der Waals surface area (Å²) in [5, 5.41) is 0. The molecule has 1 aliphatic rings. The SMILES string of the molecule is COc1ccc2c(c1)N(C(=O)OC(C)(C)C)C(c1ccccc1)=CC2. The van der Waals surface area contributed by atoms with Crippen molar-refractivity contribution in [3.05, 3.63) is 65.7 Å². The molecule has 0 saturated heterocycles. The number of allylic oxidation sites excluding steroid dienone is 1. The van der Waals surface area contributed by atoms with E-state index in [1.54, 1.807) is 12.0 Å². The highest BCUT2D eigenvalue weighted by atomic mass is 16.6. The zero-order valence-corrected chi connectivity index (χ0v) is 15.1. The van der Waals surface area contributed by atoms with E-state index in [0.29, 0.717) is 5.75 Å². The minimum absolute atomic E-state index is 0.392. The van der Waals surface area contributed by atoms with Gasteiger partial charge in [-0.05, 0) is 44.4 Å². The Morgan fingerprint density at radius 2 is 1.80 bits per heavy atom. The molecular formula is C21H23NO3. The van der Waals surface area contributed by atoms with E-state index in [1.807, 2.05) is 69.3 Å². The first-order valence-corrected chi connectivity index (χ1v) is 8.34. The van der Waals surface area contributed by atoms with Crippen molar-refractivity contribution >= 4 is 17.5 Å². The monoisotopic (exact) mass is 337 g/mol. The second kappa shape index (κ2) is 6.63. The minimum Gasteiger partial charge on any atom is -0.497 e. The highest BCUT2D eigenvalue weighted by molar-refractivity contribution is 6.04. The van der Waals surface area contributed by atoms with Crippen LogP contribution in [0.3, 0.4) is 0 Å². The van der Waals surface area contributed by atoms with Crippen molar-refractivity contribution in [3.8, 4) is 5.75 Å². The fourth-order valence-electron chi connectivity index (χ4n) is 2.84. The van der Waals surface area contributed by atoms with Crippen molar-refractivity contribution in [3.63, 3.8) is 0 Å². The average molecular weight is 337 g/mol. The average Bonchev–Trinajstić information content (AvgIpc) is 2.59. The van der Waals surface area contributed by atoms with E-state index >= 15 is 0 Å². The summed E-state index contributed by atoms with van der Waals surface area (Å²) >= 11 is 0. The van der Waals surface area contributed by atoms with Crippen LogP contribution in [0.4, 0.5) is 10.5 Å². The van der Waals surface area contributed by atoms with E-state index in [1.165, 1.54) is 0 Å². The number of benzene rings is 2. The second-order valence-electron chi connectivity index (χ2n) is 6.97.